The van der Waals surface area contributed by atoms with E-state index in [1.54, 1.807) is 4.90 Å². The highest BCUT2D eigenvalue weighted by atomic mass is 19.4. The number of rotatable bonds is 2. The van der Waals surface area contributed by atoms with E-state index in [1.807, 2.05) is 0 Å². The minimum Gasteiger partial charge on any atom is -0.342 e. The Balaban J connectivity index is 1.61. The molecule has 0 bridgehead atoms. The molecule has 0 spiro atoms. The number of carbonyl (C=O) groups excluding carboxylic acids is 2. The molecule has 2 amide bonds. The predicted octanol–water partition coefficient (Wildman–Crippen LogP) is 1.80. The first-order chi connectivity index (χ1) is 9.86. The monoisotopic (exact) mass is 304 g/mol. The molecule has 1 aliphatic carbocycles. The van der Waals surface area contributed by atoms with Crippen LogP contribution in [0.5, 0.6) is 0 Å². The lowest BCUT2D eigenvalue weighted by Gasteiger charge is -2.35. The van der Waals surface area contributed by atoms with Crippen LogP contribution in [0.1, 0.15) is 32.1 Å². The molecule has 2 atom stereocenters. The van der Waals surface area contributed by atoms with Crippen molar-refractivity contribution in [3.05, 3.63) is 0 Å². The molecule has 2 heterocycles. The molecule has 4 nitrogen and oxygen atoms in total. The van der Waals surface area contributed by atoms with Crippen LogP contribution in [-0.4, -0.2) is 53.5 Å². The number of likely N-dealkylation sites (tertiary alicyclic amines) is 2. The molecular formula is C14H19F3N2O2. The molecule has 2 aliphatic heterocycles. The first kappa shape index (κ1) is 14.7. The highest BCUT2D eigenvalue weighted by Gasteiger charge is 2.46. The van der Waals surface area contributed by atoms with Crippen LogP contribution < -0.4 is 0 Å². The second-order valence-corrected chi connectivity index (χ2v) is 6.34. The third-order valence-corrected chi connectivity index (χ3v) is 4.69. The molecule has 21 heavy (non-hydrogen) atoms. The molecule has 2 saturated heterocycles. The van der Waals surface area contributed by atoms with E-state index in [0.717, 1.165) is 12.8 Å². The van der Waals surface area contributed by atoms with Crippen LogP contribution in [0.15, 0.2) is 0 Å². The molecule has 7 heteroatoms. The van der Waals surface area contributed by atoms with Crippen LogP contribution in [0.4, 0.5) is 13.2 Å². The van der Waals surface area contributed by atoms with Gasteiger partial charge in [0, 0.05) is 32.1 Å². The van der Waals surface area contributed by atoms with Gasteiger partial charge in [-0.3, -0.25) is 9.59 Å². The van der Waals surface area contributed by atoms with Crippen molar-refractivity contribution in [3.8, 4) is 0 Å². The number of alkyl halides is 3. The van der Waals surface area contributed by atoms with E-state index in [9.17, 15) is 22.8 Å². The summed E-state index contributed by atoms with van der Waals surface area (Å²) in [6, 6.07) is 0.263. The summed E-state index contributed by atoms with van der Waals surface area (Å²) in [5, 5.41) is 0. The zero-order chi connectivity index (χ0) is 15.2. The van der Waals surface area contributed by atoms with Crippen molar-refractivity contribution in [3.63, 3.8) is 0 Å². The van der Waals surface area contributed by atoms with Gasteiger partial charge in [-0.15, -0.1) is 0 Å². The normalized spacial score (nSPS) is 30.9. The van der Waals surface area contributed by atoms with E-state index in [0.29, 0.717) is 19.5 Å². The Morgan fingerprint density at radius 2 is 1.86 bits per heavy atom. The molecule has 0 radical (unpaired) electrons. The molecule has 3 aliphatic rings. The van der Waals surface area contributed by atoms with Gasteiger partial charge in [0.15, 0.2) is 0 Å². The topological polar surface area (TPSA) is 40.6 Å². The Kier molecular flexibility index (Phi) is 3.61. The predicted molar refractivity (Wildman–Crippen MR) is 68.2 cm³/mol. The highest BCUT2D eigenvalue weighted by Crippen LogP contribution is 2.36. The lowest BCUT2D eigenvalue weighted by molar-refractivity contribution is -0.188. The third kappa shape index (κ3) is 3.01. The largest absolute Gasteiger partial charge is 0.393 e. The van der Waals surface area contributed by atoms with Gasteiger partial charge in [-0.2, -0.15) is 13.2 Å². The molecular weight excluding hydrogens is 285 g/mol. The first-order valence-electron chi connectivity index (χ1n) is 7.51. The van der Waals surface area contributed by atoms with Crippen LogP contribution >= 0.6 is 0 Å². The Bertz CT molecular complexity index is 448. The van der Waals surface area contributed by atoms with Crippen LogP contribution in [0.2, 0.25) is 0 Å². The van der Waals surface area contributed by atoms with Crippen molar-refractivity contribution in [2.75, 3.05) is 19.6 Å². The number of amides is 2. The van der Waals surface area contributed by atoms with E-state index in [4.69, 9.17) is 0 Å². The van der Waals surface area contributed by atoms with E-state index < -0.39 is 18.0 Å². The van der Waals surface area contributed by atoms with Gasteiger partial charge in [0.05, 0.1) is 11.8 Å². The summed E-state index contributed by atoms with van der Waals surface area (Å²) in [6.07, 6.45) is -1.67. The van der Waals surface area contributed by atoms with E-state index in [-0.39, 0.29) is 37.2 Å². The number of halogens is 3. The standard InChI is InChI=1S/C14H19F3N2O2/c15-14(16,17)10-2-1-5-18(8-10)13(21)9-6-12(20)19(7-9)11-3-4-11/h9-11H,1-8H2/t9-,10+/m1/s1. The van der Waals surface area contributed by atoms with Crippen LogP contribution in [0.25, 0.3) is 0 Å². The number of nitrogens with zero attached hydrogens (tertiary/aromatic N) is 2. The molecule has 1 saturated carbocycles. The molecule has 0 aromatic rings. The van der Waals surface area contributed by atoms with Gasteiger partial charge in [0.2, 0.25) is 11.8 Å². The maximum atomic E-state index is 12.8. The summed E-state index contributed by atoms with van der Waals surface area (Å²) in [5.74, 6) is -2.18. The van der Waals surface area contributed by atoms with Gasteiger partial charge in [0.1, 0.15) is 0 Å². The second-order valence-electron chi connectivity index (χ2n) is 6.34. The molecule has 0 aromatic carbocycles. The van der Waals surface area contributed by atoms with Gasteiger partial charge in [-0.05, 0) is 25.7 Å². The van der Waals surface area contributed by atoms with Crippen molar-refractivity contribution in [2.24, 2.45) is 11.8 Å². The fourth-order valence-electron chi connectivity index (χ4n) is 3.34. The zero-order valence-electron chi connectivity index (χ0n) is 11.7. The van der Waals surface area contributed by atoms with Gasteiger partial charge < -0.3 is 9.80 Å². The quantitative estimate of drug-likeness (QED) is 0.780. The molecule has 3 fully saturated rings. The summed E-state index contributed by atoms with van der Waals surface area (Å²) < 4.78 is 38.4. The maximum absolute atomic E-state index is 12.8. The number of hydrogen-bond acceptors (Lipinski definition) is 2. The summed E-state index contributed by atoms with van der Waals surface area (Å²) in [5.41, 5.74) is 0. The second kappa shape index (κ2) is 5.18. The molecule has 118 valence electrons. The maximum Gasteiger partial charge on any atom is 0.393 e. The molecule has 0 N–H and O–H groups in total. The Hall–Kier alpha value is -1.27. The van der Waals surface area contributed by atoms with Gasteiger partial charge in [0.25, 0.3) is 0 Å². The fourth-order valence-corrected chi connectivity index (χ4v) is 3.34. The van der Waals surface area contributed by atoms with Crippen molar-refractivity contribution in [2.45, 2.75) is 44.3 Å². The lowest BCUT2D eigenvalue weighted by atomic mass is 9.96. The molecule has 3 rings (SSSR count). The zero-order valence-corrected chi connectivity index (χ0v) is 11.7. The van der Waals surface area contributed by atoms with Crippen molar-refractivity contribution < 1.29 is 22.8 Å². The van der Waals surface area contributed by atoms with E-state index in [2.05, 4.69) is 0 Å². The number of hydrogen-bond donors (Lipinski definition) is 0. The Morgan fingerprint density at radius 3 is 2.48 bits per heavy atom. The molecule has 0 unspecified atom stereocenters. The van der Waals surface area contributed by atoms with E-state index in [1.165, 1.54) is 4.90 Å². The van der Waals surface area contributed by atoms with Crippen molar-refractivity contribution in [1.29, 1.82) is 0 Å². The third-order valence-electron chi connectivity index (χ3n) is 4.69. The Labute approximate surface area is 121 Å². The average molecular weight is 304 g/mol. The Morgan fingerprint density at radius 1 is 1.14 bits per heavy atom. The van der Waals surface area contributed by atoms with Crippen molar-refractivity contribution >= 4 is 11.8 Å². The van der Waals surface area contributed by atoms with Gasteiger partial charge in [-0.25, -0.2) is 0 Å². The van der Waals surface area contributed by atoms with Gasteiger partial charge >= 0.3 is 6.18 Å². The summed E-state index contributed by atoms with van der Waals surface area (Å²) >= 11 is 0. The lowest BCUT2D eigenvalue weighted by Crippen LogP contribution is -2.47. The van der Waals surface area contributed by atoms with Crippen LogP contribution in [-0.2, 0) is 9.59 Å². The van der Waals surface area contributed by atoms with Crippen molar-refractivity contribution in [1.82, 2.24) is 9.80 Å². The highest BCUT2D eigenvalue weighted by molar-refractivity contribution is 5.89. The SMILES string of the molecule is O=C([C@@H]1CC(=O)N(C2CC2)C1)N1CCC[C@H](C(F)(F)F)C1. The van der Waals surface area contributed by atoms with Gasteiger partial charge in [-0.1, -0.05) is 0 Å². The fraction of sp³-hybridized carbons (Fsp3) is 0.857. The summed E-state index contributed by atoms with van der Waals surface area (Å²) in [7, 11) is 0. The molecule has 0 aromatic heterocycles. The van der Waals surface area contributed by atoms with Crippen LogP contribution in [0.3, 0.4) is 0 Å². The number of carbonyl (C=O) groups is 2. The number of piperidine rings is 1. The average Bonchev–Trinajstić information content (AvgIpc) is 3.20. The van der Waals surface area contributed by atoms with E-state index >= 15 is 0 Å². The first-order valence-corrected chi connectivity index (χ1v) is 7.51. The summed E-state index contributed by atoms with van der Waals surface area (Å²) in [4.78, 5) is 27.3. The summed E-state index contributed by atoms with van der Waals surface area (Å²) in [6.45, 7) is 0.505. The minimum absolute atomic E-state index is 0.0276. The van der Waals surface area contributed by atoms with Crippen LogP contribution in [0, 0.1) is 11.8 Å². The minimum atomic E-state index is -4.25. The smallest absolute Gasteiger partial charge is 0.342 e.